The highest BCUT2D eigenvalue weighted by atomic mass is 16.1. The molecular weight excluding hydrogens is 326 g/mol. The smallest absolute Gasteiger partial charge is 0.256 e. The minimum Gasteiger partial charge on any atom is -0.366 e. The summed E-state index contributed by atoms with van der Waals surface area (Å²) in [5.74, 6) is 0.705. The molecule has 6 nitrogen and oxygen atoms in total. The van der Waals surface area contributed by atoms with Gasteiger partial charge in [0.25, 0.3) is 5.56 Å². The number of fused-ring (bicyclic) bond motifs is 1. The molecule has 0 aliphatic rings. The Hall–Kier alpha value is -3.41. The Bertz CT molecular complexity index is 1130. The number of pyridine rings is 3. The molecule has 4 rings (SSSR count). The van der Waals surface area contributed by atoms with Crippen LogP contribution in [-0.2, 0) is 6.54 Å². The highest BCUT2D eigenvalue weighted by Gasteiger charge is 2.13. The van der Waals surface area contributed by atoms with Gasteiger partial charge in [0, 0.05) is 47.3 Å². The average molecular weight is 345 g/mol. The van der Waals surface area contributed by atoms with Gasteiger partial charge in [-0.3, -0.25) is 9.78 Å². The van der Waals surface area contributed by atoms with E-state index in [1.165, 1.54) is 0 Å². The lowest BCUT2D eigenvalue weighted by Crippen LogP contribution is -2.12. The molecule has 0 aromatic carbocycles. The molecule has 0 fully saturated rings. The minimum absolute atomic E-state index is 0.0972. The zero-order valence-corrected chi connectivity index (χ0v) is 14.6. The maximum Gasteiger partial charge on any atom is 0.256 e. The van der Waals surface area contributed by atoms with Gasteiger partial charge in [-0.15, -0.1) is 0 Å². The molecule has 4 aromatic rings. The maximum absolute atomic E-state index is 12.5. The van der Waals surface area contributed by atoms with Crippen molar-refractivity contribution in [2.45, 2.75) is 20.4 Å². The van der Waals surface area contributed by atoms with Crippen molar-refractivity contribution >= 4 is 16.9 Å². The van der Waals surface area contributed by atoms with E-state index in [0.29, 0.717) is 17.9 Å². The van der Waals surface area contributed by atoms with Gasteiger partial charge in [0.05, 0.1) is 0 Å². The summed E-state index contributed by atoms with van der Waals surface area (Å²) in [4.78, 5) is 27.3. The monoisotopic (exact) mass is 345 g/mol. The van der Waals surface area contributed by atoms with Gasteiger partial charge in [0.15, 0.2) is 0 Å². The van der Waals surface area contributed by atoms with Gasteiger partial charge in [-0.1, -0.05) is 6.07 Å². The number of hydrogen-bond donors (Lipinski definition) is 3. The Kier molecular flexibility index (Phi) is 4.01. The van der Waals surface area contributed by atoms with Crippen LogP contribution in [-0.4, -0.2) is 19.9 Å². The van der Waals surface area contributed by atoms with E-state index in [9.17, 15) is 4.79 Å². The third-order valence-corrected chi connectivity index (χ3v) is 4.51. The number of H-pyrrole nitrogens is 2. The number of rotatable bonds is 4. The van der Waals surface area contributed by atoms with E-state index in [-0.39, 0.29) is 5.56 Å². The molecule has 0 bridgehead atoms. The van der Waals surface area contributed by atoms with E-state index in [4.69, 9.17) is 0 Å². The van der Waals surface area contributed by atoms with E-state index in [1.807, 2.05) is 56.6 Å². The summed E-state index contributed by atoms with van der Waals surface area (Å²) in [5, 5.41) is 4.24. The Morgan fingerprint density at radius 1 is 1.15 bits per heavy atom. The van der Waals surface area contributed by atoms with E-state index < -0.39 is 0 Å². The Morgan fingerprint density at radius 2 is 2.04 bits per heavy atom. The van der Waals surface area contributed by atoms with Crippen molar-refractivity contribution in [2.75, 3.05) is 5.32 Å². The minimum atomic E-state index is -0.0972. The van der Waals surface area contributed by atoms with Gasteiger partial charge in [-0.05, 0) is 49.2 Å². The fourth-order valence-electron chi connectivity index (χ4n) is 2.97. The number of aryl methyl sites for hydroxylation is 2. The first-order valence-corrected chi connectivity index (χ1v) is 8.43. The van der Waals surface area contributed by atoms with Gasteiger partial charge >= 0.3 is 0 Å². The zero-order valence-electron chi connectivity index (χ0n) is 14.6. The topological polar surface area (TPSA) is 86.5 Å². The Morgan fingerprint density at radius 3 is 2.85 bits per heavy atom. The van der Waals surface area contributed by atoms with Crippen molar-refractivity contribution in [3.8, 4) is 11.1 Å². The first kappa shape index (κ1) is 16.1. The lowest BCUT2D eigenvalue weighted by Gasteiger charge is -2.10. The fraction of sp³-hybridized carbons (Fsp3) is 0.150. The predicted octanol–water partition coefficient (Wildman–Crippen LogP) is 3.54. The highest BCUT2D eigenvalue weighted by Crippen LogP contribution is 2.28. The third kappa shape index (κ3) is 2.97. The molecule has 130 valence electrons. The molecular formula is C20H19N5O. The van der Waals surface area contributed by atoms with Crippen LogP contribution in [0.15, 0.2) is 53.7 Å². The molecule has 0 saturated carbocycles. The summed E-state index contributed by atoms with van der Waals surface area (Å²) in [6, 6.07) is 9.70. The van der Waals surface area contributed by atoms with Crippen LogP contribution in [0.4, 0.5) is 5.82 Å². The van der Waals surface area contributed by atoms with Crippen molar-refractivity contribution < 1.29 is 0 Å². The average Bonchev–Trinajstić information content (AvgIpc) is 3.12. The van der Waals surface area contributed by atoms with Gasteiger partial charge < -0.3 is 15.3 Å². The summed E-state index contributed by atoms with van der Waals surface area (Å²) in [7, 11) is 0. The molecule has 6 heteroatoms. The first-order valence-electron chi connectivity index (χ1n) is 8.43. The molecule has 0 amide bonds. The summed E-state index contributed by atoms with van der Waals surface area (Å²) < 4.78 is 0. The van der Waals surface area contributed by atoms with E-state index in [1.54, 1.807) is 6.20 Å². The molecule has 0 atom stereocenters. The number of hydrogen-bond acceptors (Lipinski definition) is 4. The first-order chi connectivity index (χ1) is 12.6. The molecule has 26 heavy (non-hydrogen) atoms. The second-order valence-electron chi connectivity index (χ2n) is 6.33. The van der Waals surface area contributed by atoms with Crippen LogP contribution >= 0.6 is 0 Å². The molecule has 0 saturated heterocycles. The van der Waals surface area contributed by atoms with Gasteiger partial charge in [0.1, 0.15) is 11.5 Å². The van der Waals surface area contributed by atoms with Crippen LogP contribution < -0.4 is 10.9 Å². The van der Waals surface area contributed by atoms with E-state index in [0.717, 1.165) is 33.4 Å². The quantitative estimate of drug-likeness (QED) is 0.528. The Labute approximate surface area is 150 Å². The fourth-order valence-corrected chi connectivity index (χ4v) is 2.97. The van der Waals surface area contributed by atoms with Crippen molar-refractivity contribution in [3.05, 3.63) is 76.1 Å². The molecule has 4 heterocycles. The van der Waals surface area contributed by atoms with Crippen molar-refractivity contribution in [1.29, 1.82) is 0 Å². The zero-order chi connectivity index (χ0) is 18.1. The number of anilines is 1. The van der Waals surface area contributed by atoms with E-state index >= 15 is 0 Å². The SMILES string of the molecule is Cc1cc(-c2cc(NCc3cccnc3)nc3[nH]ccc23)c(=O)[nH]c1C. The lowest BCUT2D eigenvalue weighted by molar-refractivity contribution is 1.09. The highest BCUT2D eigenvalue weighted by molar-refractivity contribution is 5.94. The number of aromatic nitrogens is 4. The summed E-state index contributed by atoms with van der Waals surface area (Å²) >= 11 is 0. The van der Waals surface area contributed by atoms with Crippen LogP contribution in [0, 0.1) is 13.8 Å². The lowest BCUT2D eigenvalue weighted by atomic mass is 10.0. The molecule has 0 radical (unpaired) electrons. The van der Waals surface area contributed by atoms with Crippen LogP contribution in [0.25, 0.3) is 22.2 Å². The van der Waals surface area contributed by atoms with Crippen molar-refractivity contribution in [2.24, 2.45) is 0 Å². The standard InChI is InChI=1S/C20H19N5O/c1-12-8-17(20(26)24-13(12)2)16-9-18(25-19-15(16)5-7-22-19)23-11-14-4-3-6-21-10-14/h3-10H,11H2,1-2H3,(H,24,26)(H2,22,23,25). The van der Waals surface area contributed by atoms with Crippen molar-refractivity contribution in [3.63, 3.8) is 0 Å². The normalized spacial score (nSPS) is 11.0. The number of nitrogens with zero attached hydrogens (tertiary/aromatic N) is 2. The van der Waals surface area contributed by atoms with Gasteiger partial charge in [-0.25, -0.2) is 4.98 Å². The van der Waals surface area contributed by atoms with Gasteiger partial charge in [0.2, 0.25) is 0 Å². The second kappa shape index (κ2) is 6.48. The van der Waals surface area contributed by atoms with E-state index in [2.05, 4.69) is 25.3 Å². The van der Waals surface area contributed by atoms with Crippen LogP contribution in [0.5, 0.6) is 0 Å². The van der Waals surface area contributed by atoms with Crippen LogP contribution in [0.1, 0.15) is 16.8 Å². The number of nitrogens with one attached hydrogen (secondary N) is 3. The molecule has 0 unspecified atom stereocenters. The molecule has 4 aromatic heterocycles. The molecule has 0 aliphatic carbocycles. The summed E-state index contributed by atoms with van der Waals surface area (Å²) in [5.41, 5.74) is 5.14. The van der Waals surface area contributed by atoms with Crippen LogP contribution in [0.2, 0.25) is 0 Å². The molecule has 0 aliphatic heterocycles. The summed E-state index contributed by atoms with van der Waals surface area (Å²) in [6.07, 6.45) is 5.40. The molecule has 3 N–H and O–H groups in total. The third-order valence-electron chi connectivity index (χ3n) is 4.51. The predicted molar refractivity (Wildman–Crippen MR) is 103 cm³/mol. The largest absolute Gasteiger partial charge is 0.366 e. The van der Waals surface area contributed by atoms with Crippen molar-refractivity contribution in [1.82, 2.24) is 19.9 Å². The van der Waals surface area contributed by atoms with Gasteiger partial charge in [-0.2, -0.15) is 0 Å². The molecule has 0 spiro atoms. The summed E-state index contributed by atoms with van der Waals surface area (Å²) in [6.45, 7) is 4.50. The second-order valence-corrected chi connectivity index (χ2v) is 6.33. The Balaban J connectivity index is 1.78. The van der Waals surface area contributed by atoms with Crippen LogP contribution in [0.3, 0.4) is 0 Å². The number of aromatic amines is 2. The maximum atomic E-state index is 12.5.